The Hall–Kier alpha value is -2.68. The van der Waals surface area contributed by atoms with Crippen LogP contribution in [-0.4, -0.2) is 54.5 Å². The van der Waals surface area contributed by atoms with Crippen LogP contribution in [0.4, 0.5) is 16.4 Å². The molecular formula is C21H30N6O3. The average molecular weight is 415 g/mol. The van der Waals surface area contributed by atoms with Crippen LogP contribution in [0.1, 0.15) is 70.7 Å². The summed E-state index contributed by atoms with van der Waals surface area (Å²) in [4.78, 5) is 22.7. The number of amides is 1. The molecule has 2 aromatic heterocycles. The molecule has 1 aliphatic heterocycles. The van der Waals surface area contributed by atoms with Gasteiger partial charge in [-0.25, -0.2) is 9.78 Å². The number of anilines is 2. The van der Waals surface area contributed by atoms with E-state index in [1.54, 1.807) is 26.2 Å². The summed E-state index contributed by atoms with van der Waals surface area (Å²) in [6.45, 7) is 8.24. The Morgan fingerprint density at radius 2 is 2.10 bits per heavy atom. The average Bonchev–Trinajstić information content (AvgIpc) is 3.30. The molecule has 2 aromatic rings. The van der Waals surface area contributed by atoms with Crippen molar-refractivity contribution in [3.05, 3.63) is 29.8 Å². The highest BCUT2D eigenvalue weighted by atomic mass is 16.6. The van der Waals surface area contributed by atoms with E-state index in [9.17, 15) is 9.90 Å². The maximum absolute atomic E-state index is 12.4. The molecule has 1 amide bonds. The number of carbonyl (C=O) groups excluding carboxylic acids is 1. The van der Waals surface area contributed by atoms with Crippen molar-refractivity contribution in [2.45, 2.75) is 76.5 Å². The second-order valence-corrected chi connectivity index (χ2v) is 9.41. The predicted octanol–water partition coefficient (Wildman–Crippen LogP) is 3.43. The molecule has 1 saturated heterocycles. The van der Waals surface area contributed by atoms with Crippen LogP contribution >= 0.6 is 0 Å². The first-order valence-electron chi connectivity index (χ1n) is 10.5. The summed E-state index contributed by atoms with van der Waals surface area (Å²) in [6.07, 6.45) is 6.48. The zero-order valence-corrected chi connectivity index (χ0v) is 18.0. The largest absolute Gasteiger partial charge is 0.446 e. The second kappa shape index (κ2) is 7.54. The van der Waals surface area contributed by atoms with Crippen molar-refractivity contribution in [2.75, 3.05) is 11.9 Å². The van der Waals surface area contributed by atoms with Gasteiger partial charge in [0.1, 0.15) is 17.5 Å². The van der Waals surface area contributed by atoms with Crippen molar-refractivity contribution in [2.24, 2.45) is 0 Å². The zero-order valence-electron chi connectivity index (χ0n) is 18.0. The van der Waals surface area contributed by atoms with Crippen LogP contribution in [-0.2, 0) is 10.3 Å². The van der Waals surface area contributed by atoms with Gasteiger partial charge in [-0.2, -0.15) is 5.10 Å². The Labute approximate surface area is 176 Å². The number of aromatic nitrogens is 4. The van der Waals surface area contributed by atoms with Crippen LogP contribution in [0.3, 0.4) is 0 Å². The number of carbonyl (C=O) groups is 1. The Balaban J connectivity index is 1.32. The van der Waals surface area contributed by atoms with Crippen molar-refractivity contribution >= 4 is 17.7 Å². The van der Waals surface area contributed by atoms with Gasteiger partial charge in [0, 0.05) is 29.8 Å². The Bertz CT molecular complexity index is 902. The molecule has 2 atom stereocenters. The first-order chi connectivity index (χ1) is 14.1. The van der Waals surface area contributed by atoms with Crippen LogP contribution < -0.4 is 5.32 Å². The van der Waals surface area contributed by atoms with Crippen molar-refractivity contribution < 1.29 is 14.6 Å². The molecule has 2 aliphatic rings. The minimum atomic E-state index is -1.03. The van der Waals surface area contributed by atoms with Crippen molar-refractivity contribution in [1.82, 2.24) is 25.1 Å². The fourth-order valence-electron chi connectivity index (χ4n) is 3.99. The van der Waals surface area contributed by atoms with Gasteiger partial charge in [0.2, 0.25) is 0 Å². The molecule has 3 N–H and O–H groups in total. The Morgan fingerprint density at radius 3 is 2.70 bits per heavy atom. The third-order valence-corrected chi connectivity index (χ3v) is 6.12. The number of H-pyrrole nitrogens is 1. The third-order valence-electron chi connectivity index (χ3n) is 6.12. The van der Waals surface area contributed by atoms with E-state index in [1.807, 2.05) is 11.0 Å². The molecule has 9 nitrogen and oxygen atoms in total. The van der Waals surface area contributed by atoms with E-state index in [1.165, 1.54) is 0 Å². The molecule has 0 spiro atoms. The molecule has 0 aromatic carbocycles. The molecule has 162 valence electrons. The van der Waals surface area contributed by atoms with Gasteiger partial charge in [-0.15, -0.1) is 0 Å². The molecule has 1 saturated carbocycles. The summed E-state index contributed by atoms with van der Waals surface area (Å²) in [6, 6.07) is 1.96. The van der Waals surface area contributed by atoms with Crippen LogP contribution in [0, 0.1) is 0 Å². The van der Waals surface area contributed by atoms with Gasteiger partial charge in [-0.1, -0.05) is 0 Å². The zero-order chi connectivity index (χ0) is 21.5. The number of aliphatic hydroxyl groups is 1. The lowest BCUT2D eigenvalue weighted by Crippen LogP contribution is -2.58. The Kier molecular flexibility index (Phi) is 5.17. The molecule has 0 bridgehead atoms. The molecule has 0 radical (unpaired) electrons. The van der Waals surface area contributed by atoms with Crippen LogP contribution in [0.5, 0.6) is 0 Å². The predicted molar refractivity (Wildman–Crippen MR) is 111 cm³/mol. The van der Waals surface area contributed by atoms with E-state index in [-0.39, 0.29) is 23.7 Å². The number of hydrogen-bond acceptors (Lipinski definition) is 7. The lowest BCUT2D eigenvalue weighted by molar-refractivity contribution is -0.0101. The fourth-order valence-corrected chi connectivity index (χ4v) is 3.99. The summed E-state index contributed by atoms with van der Waals surface area (Å²) < 4.78 is 5.74. The molecule has 0 unspecified atom stereocenters. The molecule has 30 heavy (non-hydrogen) atoms. The summed E-state index contributed by atoms with van der Waals surface area (Å²) in [5.74, 6) is 1.48. The minimum Gasteiger partial charge on any atom is -0.446 e. The lowest BCUT2D eigenvalue weighted by Gasteiger charge is -2.47. The van der Waals surface area contributed by atoms with Gasteiger partial charge < -0.3 is 20.1 Å². The number of aromatic amines is 1. The number of nitrogens with one attached hydrogen (secondary N) is 2. The highest BCUT2D eigenvalue weighted by Gasteiger charge is 2.41. The van der Waals surface area contributed by atoms with E-state index in [2.05, 4.69) is 39.3 Å². The summed E-state index contributed by atoms with van der Waals surface area (Å²) >= 11 is 0. The maximum Gasteiger partial charge on any atom is 0.410 e. The molecular weight excluding hydrogens is 384 g/mol. The van der Waals surface area contributed by atoms with Gasteiger partial charge in [0.15, 0.2) is 5.82 Å². The van der Waals surface area contributed by atoms with Crippen LogP contribution in [0.15, 0.2) is 18.5 Å². The lowest BCUT2D eigenvalue weighted by atomic mass is 9.90. The molecule has 2 fully saturated rings. The van der Waals surface area contributed by atoms with Crippen molar-refractivity contribution in [3.63, 3.8) is 0 Å². The number of ether oxygens (including phenoxy) is 1. The quantitative estimate of drug-likeness (QED) is 0.686. The summed E-state index contributed by atoms with van der Waals surface area (Å²) in [5, 5.41) is 20.5. The smallest absolute Gasteiger partial charge is 0.410 e. The van der Waals surface area contributed by atoms with Gasteiger partial charge >= 0.3 is 6.09 Å². The minimum absolute atomic E-state index is 0.0566. The molecule has 9 heteroatoms. The second-order valence-electron chi connectivity index (χ2n) is 9.41. The number of rotatable bonds is 5. The van der Waals surface area contributed by atoms with Gasteiger partial charge in [0.25, 0.3) is 0 Å². The highest BCUT2D eigenvalue weighted by Crippen LogP contribution is 2.37. The monoisotopic (exact) mass is 414 g/mol. The van der Waals surface area contributed by atoms with Gasteiger partial charge in [-0.3, -0.25) is 10.1 Å². The van der Waals surface area contributed by atoms with E-state index >= 15 is 0 Å². The standard InChI is InChI=1S/C21H30N6O3/c1-20(2)7-8-27(20)19(28)30-14-6-5-13(9-14)15-10-17(26-25-15)24-18-12-22-16(11-23-18)21(3,4)29/h10-14,29H,5-9H2,1-4H3,(H2,23,24,25,26)/t13-,14+/m0/s1. The topological polar surface area (TPSA) is 116 Å². The number of likely N-dealkylation sites (tertiary alicyclic amines) is 1. The molecule has 4 rings (SSSR count). The van der Waals surface area contributed by atoms with Gasteiger partial charge in [-0.05, 0) is 53.4 Å². The van der Waals surface area contributed by atoms with E-state index < -0.39 is 5.60 Å². The van der Waals surface area contributed by atoms with E-state index in [4.69, 9.17) is 4.74 Å². The number of nitrogens with zero attached hydrogens (tertiary/aromatic N) is 4. The first kappa shape index (κ1) is 20.6. The molecule has 3 heterocycles. The van der Waals surface area contributed by atoms with E-state index in [0.717, 1.165) is 37.9 Å². The summed E-state index contributed by atoms with van der Waals surface area (Å²) in [7, 11) is 0. The highest BCUT2D eigenvalue weighted by molar-refractivity contribution is 5.70. The van der Waals surface area contributed by atoms with E-state index in [0.29, 0.717) is 17.3 Å². The first-order valence-corrected chi connectivity index (χ1v) is 10.5. The van der Waals surface area contributed by atoms with Crippen LogP contribution in [0.25, 0.3) is 0 Å². The SMILES string of the molecule is CC(C)(O)c1cnc(Nc2cc([C@H]3CC[C@@H](OC(=O)N4CCC4(C)C)C3)[nH]n2)cn1. The van der Waals surface area contributed by atoms with Crippen LogP contribution in [0.2, 0.25) is 0 Å². The van der Waals surface area contributed by atoms with Crippen molar-refractivity contribution in [3.8, 4) is 0 Å². The van der Waals surface area contributed by atoms with Gasteiger partial charge in [0.05, 0.1) is 18.1 Å². The summed E-state index contributed by atoms with van der Waals surface area (Å²) in [5.41, 5.74) is 0.400. The van der Waals surface area contributed by atoms with Crippen molar-refractivity contribution in [1.29, 1.82) is 0 Å². The fraction of sp³-hybridized carbons (Fsp3) is 0.619. The molecule has 1 aliphatic carbocycles. The number of hydrogen-bond donors (Lipinski definition) is 3. The Morgan fingerprint density at radius 1 is 1.30 bits per heavy atom. The third kappa shape index (κ3) is 4.26. The normalized spacial score (nSPS) is 23.2. The maximum atomic E-state index is 12.4.